The fourth-order valence-electron chi connectivity index (χ4n) is 2.58. The highest BCUT2D eigenvalue weighted by molar-refractivity contribution is 7.91. The van der Waals surface area contributed by atoms with Gasteiger partial charge in [0.15, 0.2) is 19.7 Å². The van der Waals surface area contributed by atoms with Crippen LogP contribution in [0.2, 0.25) is 0 Å². The van der Waals surface area contributed by atoms with Gasteiger partial charge in [0, 0.05) is 31.2 Å². The first-order valence-electron chi connectivity index (χ1n) is 8.08. The third kappa shape index (κ3) is 5.75. The van der Waals surface area contributed by atoms with Crippen LogP contribution in [0.3, 0.4) is 0 Å². The van der Waals surface area contributed by atoms with Gasteiger partial charge in [0.05, 0.1) is 15.5 Å². The molecule has 148 valence electrons. The highest BCUT2D eigenvalue weighted by atomic mass is 32.2. The molecule has 0 aromatic heterocycles. The minimum Gasteiger partial charge on any atom is -0.380 e. The van der Waals surface area contributed by atoms with E-state index in [4.69, 9.17) is 0 Å². The van der Waals surface area contributed by atoms with E-state index in [1.807, 2.05) is 19.0 Å². The number of rotatable bonds is 7. The largest absolute Gasteiger partial charge is 0.380 e. The molecular formula is C18H23FN2O4S2. The van der Waals surface area contributed by atoms with Crippen molar-refractivity contribution in [1.82, 2.24) is 4.90 Å². The molecule has 0 fully saturated rings. The molecule has 0 aliphatic carbocycles. The summed E-state index contributed by atoms with van der Waals surface area (Å²) in [5.41, 5.74) is 1.61. The molecule has 0 bridgehead atoms. The van der Waals surface area contributed by atoms with Crippen molar-refractivity contribution in [3.63, 3.8) is 0 Å². The molecule has 0 saturated carbocycles. The first-order chi connectivity index (χ1) is 12.4. The lowest BCUT2D eigenvalue weighted by Gasteiger charge is -2.14. The van der Waals surface area contributed by atoms with Crippen molar-refractivity contribution in [2.24, 2.45) is 0 Å². The predicted molar refractivity (Wildman–Crippen MR) is 104 cm³/mol. The molecule has 0 amide bonds. The third-order valence-electron chi connectivity index (χ3n) is 3.86. The summed E-state index contributed by atoms with van der Waals surface area (Å²) in [7, 11) is -3.50. The van der Waals surface area contributed by atoms with Crippen LogP contribution < -0.4 is 5.32 Å². The van der Waals surface area contributed by atoms with Gasteiger partial charge in [0.25, 0.3) is 0 Å². The van der Waals surface area contributed by atoms with Gasteiger partial charge in [-0.25, -0.2) is 21.2 Å². The third-order valence-corrected chi connectivity index (χ3v) is 6.11. The second-order valence-corrected chi connectivity index (χ2v) is 10.7. The lowest BCUT2D eigenvalue weighted by Crippen LogP contribution is -2.13. The Balaban J connectivity index is 2.33. The van der Waals surface area contributed by atoms with Crippen molar-refractivity contribution in [2.75, 3.05) is 31.9 Å². The maximum Gasteiger partial charge on any atom is 0.177 e. The van der Waals surface area contributed by atoms with Gasteiger partial charge in [0.1, 0.15) is 5.82 Å². The molecule has 1 N–H and O–H groups in total. The molecule has 9 heteroatoms. The number of halogens is 1. The van der Waals surface area contributed by atoms with Crippen LogP contribution in [-0.4, -0.2) is 48.3 Å². The Hall–Kier alpha value is -1.97. The number of nitrogens with one attached hydrogen (secondary N) is 1. The van der Waals surface area contributed by atoms with Crippen LogP contribution in [0.15, 0.2) is 46.2 Å². The predicted octanol–water partition coefficient (Wildman–Crippen LogP) is 2.31. The van der Waals surface area contributed by atoms with Gasteiger partial charge >= 0.3 is 0 Å². The smallest absolute Gasteiger partial charge is 0.177 e. The zero-order valence-corrected chi connectivity index (χ0v) is 17.3. The number of hydrogen-bond donors (Lipinski definition) is 1. The summed E-state index contributed by atoms with van der Waals surface area (Å²) in [4.78, 5) is 1.69. The average molecular weight is 415 g/mol. The molecular weight excluding hydrogens is 391 g/mol. The van der Waals surface area contributed by atoms with Crippen molar-refractivity contribution in [3.05, 3.63) is 53.3 Å². The summed E-state index contributed by atoms with van der Waals surface area (Å²) < 4.78 is 61.4. The summed E-state index contributed by atoms with van der Waals surface area (Å²) in [6.07, 6.45) is 2.04. The van der Waals surface area contributed by atoms with Gasteiger partial charge in [-0.2, -0.15) is 0 Å². The van der Waals surface area contributed by atoms with E-state index >= 15 is 0 Å². The highest BCUT2D eigenvalue weighted by Gasteiger charge is 2.18. The Kier molecular flexibility index (Phi) is 6.28. The van der Waals surface area contributed by atoms with Gasteiger partial charge in [0.2, 0.25) is 0 Å². The summed E-state index contributed by atoms with van der Waals surface area (Å²) in [6, 6.07) is 8.64. The van der Waals surface area contributed by atoms with E-state index in [0.29, 0.717) is 17.8 Å². The number of sulfone groups is 2. The van der Waals surface area contributed by atoms with Crippen molar-refractivity contribution in [3.8, 4) is 0 Å². The fraction of sp³-hybridized carbons (Fsp3) is 0.333. The van der Waals surface area contributed by atoms with Crippen LogP contribution >= 0.6 is 0 Å². The second-order valence-electron chi connectivity index (χ2n) is 6.72. The van der Waals surface area contributed by atoms with Crippen LogP contribution in [0.5, 0.6) is 0 Å². The fourth-order valence-corrected chi connectivity index (χ4v) is 4.19. The van der Waals surface area contributed by atoms with Crippen LogP contribution in [0, 0.1) is 5.82 Å². The molecule has 0 radical (unpaired) electrons. The van der Waals surface area contributed by atoms with E-state index in [2.05, 4.69) is 5.32 Å². The van der Waals surface area contributed by atoms with Crippen LogP contribution in [0.4, 0.5) is 10.1 Å². The SMILES string of the molecule is CN(C)Cc1cc(CNc2ccc(S(C)(=O)=O)cc2S(C)(=O)=O)ccc1F. The Labute approximate surface area is 159 Å². The molecule has 0 heterocycles. The monoisotopic (exact) mass is 414 g/mol. The topological polar surface area (TPSA) is 83.6 Å². The minimum absolute atomic E-state index is 0.0662. The lowest BCUT2D eigenvalue weighted by molar-refractivity contribution is 0.392. The van der Waals surface area contributed by atoms with Gasteiger partial charge in [-0.1, -0.05) is 6.07 Å². The van der Waals surface area contributed by atoms with Crippen LogP contribution in [-0.2, 0) is 32.8 Å². The molecule has 2 aromatic carbocycles. The molecule has 2 aromatic rings. The molecule has 0 spiro atoms. The highest BCUT2D eigenvalue weighted by Crippen LogP contribution is 2.26. The Bertz CT molecular complexity index is 1050. The molecule has 27 heavy (non-hydrogen) atoms. The molecule has 0 unspecified atom stereocenters. The summed E-state index contributed by atoms with van der Waals surface area (Å²) in [5, 5.41) is 3.00. The van der Waals surface area contributed by atoms with Gasteiger partial charge in [-0.15, -0.1) is 0 Å². The maximum atomic E-state index is 13.9. The zero-order valence-electron chi connectivity index (χ0n) is 15.7. The number of benzene rings is 2. The number of hydrogen-bond acceptors (Lipinski definition) is 6. The molecule has 0 aliphatic rings. The summed E-state index contributed by atoms with van der Waals surface area (Å²) >= 11 is 0. The molecule has 0 aliphatic heterocycles. The van der Waals surface area contributed by atoms with Crippen molar-refractivity contribution >= 4 is 25.4 Å². The first-order valence-corrected chi connectivity index (χ1v) is 11.9. The van der Waals surface area contributed by atoms with Crippen LogP contribution in [0.25, 0.3) is 0 Å². The second kappa shape index (κ2) is 7.95. The molecule has 6 nitrogen and oxygen atoms in total. The normalized spacial score (nSPS) is 12.4. The van der Waals surface area contributed by atoms with Gasteiger partial charge < -0.3 is 10.2 Å². The average Bonchev–Trinajstić information content (AvgIpc) is 2.53. The van der Waals surface area contributed by atoms with E-state index in [0.717, 1.165) is 24.1 Å². The zero-order chi connectivity index (χ0) is 20.4. The van der Waals surface area contributed by atoms with E-state index in [9.17, 15) is 21.2 Å². The Morgan fingerprint density at radius 2 is 1.63 bits per heavy atom. The first kappa shape index (κ1) is 21.3. The quantitative estimate of drug-likeness (QED) is 0.749. The lowest BCUT2D eigenvalue weighted by atomic mass is 10.1. The molecule has 2 rings (SSSR count). The van der Waals surface area contributed by atoms with E-state index < -0.39 is 19.7 Å². The Morgan fingerprint density at radius 1 is 0.963 bits per heavy atom. The summed E-state index contributed by atoms with van der Waals surface area (Å²) in [6.45, 7) is 0.707. The maximum absolute atomic E-state index is 13.9. The van der Waals surface area contributed by atoms with Crippen LogP contribution in [0.1, 0.15) is 11.1 Å². The van der Waals surface area contributed by atoms with Gasteiger partial charge in [-0.05, 0) is 50.0 Å². The van der Waals surface area contributed by atoms with Crippen molar-refractivity contribution in [1.29, 1.82) is 0 Å². The van der Waals surface area contributed by atoms with E-state index in [1.54, 1.807) is 12.1 Å². The van der Waals surface area contributed by atoms with Crippen molar-refractivity contribution < 1.29 is 21.2 Å². The van der Waals surface area contributed by atoms with Crippen molar-refractivity contribution in [2.45, 2.75) is 22.9 Å². The van der Waals surface area contributed by atoms with Gasteiger partial charge in [-0.3, -0.25) is 0 Å². The standard InChI is InChI=1S/C18H23FN2O4S2/c1-21(2)12-14-9-13(5-7-16(14)19)11-20-17-8-6-15(26(3,22)23)10-18(17)27(4,24)25/h5-10,20H,11-12H2,1-4H3. The number of nitrogens with zero attached hydrogens (tertiary/aromatic N) is 1. The molecule has 0 saturated heterocycles. The summed E-state index contributed by atoms with van der Waals surface area (Å²) in [5.74, 6) is -0.304. The Morgan fingerprint density at radius 3 is 2.19 bits per heavy atom. The number of anilines is 1. The minimum atomic E-state index is -3.65. The van der Waals surface area contributed by atoms with E-state index in [1.165, 1.54) is 18.2 Å². The van der Waals surface area contributed by atoms with E-state index in [-0.39, 0.29) is 22.2 Å². The molecule has 0 atom stereocenters.